The molecule has 0 radical (unpaired) electrons. The zero-order valence-electron chi connectivity index (χ0n) is 11.9. The highest BCUT2D eigenvalue weighted by atomic mass is 17.2. The minimum Gasteiger partial charge on any atom is -0.460 e. The van der Waals surface area contributed by atoms with Gasteiger partial charge in [-0.15, -0.1) is 15.0 Å². The van der Waals surface area contributed by atoms with Gasteiger partial charge in [0.05, 0.1) is 19.3 Å². The number of epoxide rings is 2. The largest absolute Gasteiger partial charge is 0.460 e. The molecule has 2 unspecified atom stereocenters. The van der Waals surface area contributed by atoms with Crippen molar-refractivity contribution in [3.8, 4) is 18.0 Å². The van der Waals surface area contributed by atoms with Gasteiger partial charge >= 0.3 is 18.0 Å². The average Bonchev–Trinajstić information content (AvgIpc) is 3.35. The van der Waals surface area contributed by atoms with E-state index in [1.54, 1.807) is 0 Å². The molecule has 3 rings (SSSR count). The van der Waals surface area contributed by atoms with Crippen LogP contribution in [0.1, 0.15) is 13.8 Å². The van der Waals surface area contributed by atoms with Crippen molar-refractivity contribution in [2.75, 3.05) is 26.4 Å². The minimum atomic E-state index is -0.129. The second-order valence-electron chi connectivity index (χ2n) is 4.94. The monoisotopic (exact) mass is 299 g/mol. The molecule has 0 aromatic carbocycles. The van der Waals surface area contributed by atoms with Crippen LogP contribution in [0.4, 0.5) is 0 Å². The van der Waals surface area contributed by atoms with Gasteiger partial charge in [-0.3, -0.25) is 4.89 Å². The summed E-state index contributed by atoms with van der Waals surface area (Å²) in [6, 6.07) is 0.196. The normalized spacial score (nSPS) is 23.0. The predicted octanol–water partition coefficient (Wildman–Crippen LogP) is 0.146. The summed E-state index contributed by atoms with van der Waals surface area (Å²) in [5, 5.41) is 0. The van der Waals surface area contributed by atoms with Crippen molar-refractivity contribution in [1.29, 1.82) is 0 Å². The smallest absolute Gasteiger partial charge is 0.362 e. The first-order valence-corrected chi connectivity index (χ1v) is 6.77. The fourth-order valence-electron chi connectivity index (χ4n) is 1.29. The van der Waals surface area contributed by atoms with Gasteiger partial charge in [0.15, 0.2) is 0 Å². The molecule has 0 aliphatic carbocycles. The molecule has 2 atom stereocenters. The Balaban J connectivity index is 1.63. The lowest BCUT2D eigenvalue weighted by atomic mass is 10.5. The van der Waals surface area contributed by atoms with Crippen molar-refractivity contribution >= 4 is 0 Å². The molecule has 0 spiro atoms. The number of rotatable bonds is 9. The third-order valence-corrected chi connectivity index (χ3v) is 2.49. The second kappa shape index (κ2) is 6.37. The van der Waals surface area contributed by atoms with E-state index >= 15 is 0 Å². The van der Waals surface area contributed by atoms with E-state index in [1.165, 1.54) is 0 Å². The molecular weight excluding hydrogens is 282 g/mol. The van der Waals surface area contributed by atoms with E-state index in [-0.39, 0.29) is 36.3 Å². The molecular formula is C12H17N3O6. The molecule has 1 aromatic rings. The van der Waals surface area contributed by atoms with Gasteiger partial charge < -0.3 is 18.9 Å². The lowest BCUT2D eigenvalue weighted by Gasteiger charge is -2.09. The van der Waals surface area contributed by atoms with E-state index in [1.807, 2.05) is 13.8 Å². The molecule has 21 heavy (non-hydrogen) atoms. The second-order valence-corrected chi connectivity index (χ2v) is 4.94. The molecule has 0 saturated carbocycles. The Bertz CT molecular complexity index is 408. The van der Waals surface area contributed by atoms with Gasteiger partial charge in [0.1, 0.15) is 25.4 Å². The van der Waals surface area contributed by atoms with E-state index in [0.29, 0.717) is 26.4 Å². The Morgan fingerprint density at radius 1 is 0.952 bits per heavy atom. The quantitative estimate of drug-likeness (QED) is 0.358. The standard InChI is InChI=1S/C12H17N3O6/c1-7(2)20-21-12-14-10(18-5-8-3-16-8)13-11(15-12)19-6-9-4-17-9/h7-9H,3-6H2,1-2H3. The van der Waals surface area contributed by atoms with Crippen molar-refractivity contribution in [3.05, 3.63) is 0 Å². The highest BCUT2D eigenvalue weighted by Crippen LogP contribution is 2.18. The maximum absolute atomic E-state index is 5.41. The van der Waals surface area contributed by atoms with Crippen LogP contribution in [0, 0.1) is 0 Å². The lowest BCUT2D eigenvalue weighted by molar-refractivity contribution is -0.240. The van der Waals surface area contributed by atoms with Gasteiger partial charge in [0, 0.05) is 0 Å². The Kier molecular flexibility index (Phi) is 4.32. The Morgan fingerprint density at radius 2 is 1.43 bits per heavy atom. The molecule has 2 aliphatic rings. The van der Waals surface area contributed by atoms with Crippen LogP contribution in [0.25, 0.3) is 0 Å². The van der Waals surface area contributed by atoms with Crippen molar-refractivity contribution in [1.82, 2.24) is 15.0 Å². The van der Waals surface area contributed by atoms with Crippen LogP contribution in [0.2, 0.25) is 0 Å². The third-order valence-electron chi connectivity index (χ3n) is 2.49. The van der Waals surface area contributed by atoms with Crippen LogP contribution in [0.15, 0.2) is 0 Å². The predicted molar refractivity (Wildman–Crippen MR) is 67.1 cm³/mol. The van der Waals surface area contributed by atoms with Gasteiger partial charge in [-0.1, -0.05) is 0 Å². The maximum Gasteiger partial charge on any atom is 0.362 e. The highest BCUT2D eigenvalue weighted by Gasteiger charge is 2.26. The zero-order chi connectivity index (χ0) is 14.7. The number of ether oxygens (including phenoxy) is 4. The molecule has 116 valence electrons. The third kappa shape index (κ3) is 4.96. The zero-order valence-corrected chi connectivity index (χ0v) is 11.9. The van der Waals surface area contributed by atoms with Gasteiger partial charge in [0.25, 0.3) is 0 Å². The van der Waals surface area contributed by atoms with E-state index in [2.05, 4.69) is 15.0 Å². The van der Waals surface area contributed by atoms with Gasteiger partial charge in [-0.2, -0.15) is 4.89 Å². The van der Waals surface area contributed by atoms with Crippen LogP contribution >= 0.6 is 0 Å². The van der Waals surface area contributed by atoms with Crippen LogP contribution in [-0.2, 0) is 14.4 Å². The fraction of sp³-hybridized carbons (Fsp3) is 0.750. The van der Waals surface area contributed by atoms with Crippen LogP contribution in [0.3, 0.4) is 0 Å². The number of nitrogens with zero attached hydrogens (tertiary/aromatic N) is 3. The molecule has 0 amide bonds. The first-order chi connectivity index (χ1) is 10.2. The van der Waals surface area contributed by atoms with Crippen LogP contribution < -0.4 is 14.4 Å². The van der Waals surface area contributed by atoms with E-state index < -0.39 is 0 Å². The average molecular weight is 299 g/mol. The number of hydrogen-bond donors (Lipinski definition) is 0. The first-order valence-electron chi connectivity index (χ1n) is 6.77. The molecule has 3 heterocycles. The molecule has 0 bridgehead atoms. The Labute approximate surface area is 121 Å². The summed E-state index contributed by atoms with van der Waals surface area (Å²) in [6.45, 7) is 5.77. The molecule has 2 saturated heterocycles. The van der Waals surface area contributed by atoms with Gasteiger partial charge in [-0.25, -0.2) is 0 Å². The van der Waals surface area contributed by atoms with Crippen molar-refractivity contribution in [2.45, 2.75) is 32.2 Å². The summed E-state index contributed by atoms with van der Waals surface area (Å²) in [4.78, 5) is 22.0. The van der Waals surface area contributed by atoms with Gasteiger partial charge in [0.2, 0.25) is 0 Å². The summed E-state index contributed by atoms with van der Waals surface area (Å²) in [5.74, 6) is 0. The Morgan fingerprint density at radius 3 is 1.86 bits per heavy atom. The summed E-state index contributed by atoms with van der Waals surface area (Å²) in [6.07, 6.45) is 0.0693. The maximum atomic E-state index is 5.41. The molecule has 9 nitrogen and oxygen atoms in total. The minimum absolute atomic E-state index is 0.0165. The lowest BCUT2D eigenvalue weighted by Crippen LogP contribution is -2.13. The topological polar surface area (TPSA) is 101 Å². The molecule has 2 aliphatic heterocycles. The van der Waals surface area contributed by atoms with Crippen LogP contribution in [0.5, 0.6) is 18.0 Å². The Hall–Kier alpha value is -1.71. The van der Waals surface area contributed by atoms with Crippen molar-refractivity contribution in [2.24, 2.45) is 0 Å². The van der Waals surface area contributed by atoms with E-state index in [0.717, 1.165) is 0 Å². The summed E-state index contributed by atoms with van der Waals surface area (Å²) < 4.78 is 20.9. The first kappa shape index (κ1) is 14.2. The molecule has 0 N–H and O–H groups in total. The summed E-state index contributed by atoms with van der Waals surface area (Å²) in [5.41, 5.74) is 0. The van der Waals surface area contributed by atoms with E-state index in [9.17, 15) is 0 Å². The summed E-state index contributed by atoms with van der Waals surface area (Å²) >= 11 is 0. The number of aromatic nitrogens is 3. The van der Waals surface area contributed by atoms with Gasteiger partial charge in [-0.05, 0) is 13.8 Å². The number of hydrogen-bond acceptors (Lipinski definition) is 9. The highest BCUT2D eigenvalue weighted by molar-refractivity contribution is 5.09. The molecule has 1 aromatic heterocycles. The molecule has 9 heteroatoms. The van der Waals surface area contributed by atoms with Crippen molar-refractivity contribution < 1.29 is 28.7 Å². The SMILES string of the molecule is CC(C)OOc1nc(OCC2CO2)nc(OCC2CO2)n1. The molecule has 2 fully saturated rings. The van der Waals surface area contributed by atoms with Crippen molar-refractivity contribution in [3.63, 3.8) is 0 Å². The summed E-state index contributed by atoms with van der Waals surface area (Å²) in [7, 11) is 0. The van der Waals surface area contributed by atoms with E-state index in [4.69, 9.17) is 28.7 Å². The fourth-order valence-corrected chi connectivity index (χ4v) is 1.29. The van der Waals surface area contributed by atoms with Crippen LogP contribution in [-0.4, -0.2) is 59.7 Å².